The first-order valence-electron chi connectivity index (χ1n) is 19.0. The van der Waals surface area contributed by atoms with E-state index in [9.17, 15) is 39.4 Å². The van der Waals surface area contributed by atoms with Crippen molar-refractivity contribution in [3.8, 4) is 6.07 Å². The first-order chi connectivity index (χ1) is 27.5. The van der Waals surface area contributed by atoms with E-state index in [2.05, 4.69) is 16.4 Å². The van der Waals surface area contributed by atoms with Crippen LogP contribution in [0.5, 0.6) is 0 Å². The molecule has 4 aliphatic rings. The van der Waals surface area contributed by atoms with E-state index in [1.807, 2.05) is 39.0 Å². The van der Waals surface area contributed by atoms with Crippen LogP contribution in [0, 0.1) is 11.3 Å². The monoisotopic (exact) mass is 835 g/mol. The van der Waals surface area contributed by atoms with Gasteiger partial charge in [-0.1, -0.05) is 35.1 Å². The van der Waals surface area contributed by atoms with Gasteiger partial charge in [0.15, 0.2) is 5.13 Å². The van der Waals surface area contributed by atoms with Gasteiger partial charge in [0.1, 0.15) is 9.94 Å². The van der Waals surface area contributed by atoms with Crippen LogP contribution < -0.4 is 15.1 Å². The van der Waals surface area contributed by atoms with Gasteiger partial charge in [-0.2, -0.15) is 5.26 Å². The van der Waals surface area contributed by atoms with Crippen LogP contribution in [0.2, 0.25) is 4.34 Å². The number of aryl methyl sites for hydroxylation is 1. The number of aromatic nitrogens is 1. The van der Waals surface area contributed by atoms with Crippen LogP contribution in [-0.2, 0) is 31.5 Å². The first-order valence-corrected chi connectivity index (χ1v) is 20.2. The van der Waals surface area contributed by atoms with Gasteiger partial charge in [-0.05, 0) is 94.3 Å². The van der Waals surface area contributed by atoms with Gasteiger partial charge in [0.2, 0.25) is 0 Å². The molecule has 308 valence electrons. The fourth-order valence-electron chi connectivity index (χ4n) is 8.19. The van der Waals surface area contributed by atoms with Crippen LogP contribution in [0.15, 0.2) is 42.6 Å². The normalized spacial score (nSPS) is 20.3. The predicted molar refractivity (Wildman–Crippen MR) is 216 cm³/mol. The number of halogens is 1. The number of urea groups is 1. The molecule has 5 amide bonds. The maximum atomic E-state index is 13.1. The second kappa shape index (κ2) is 16.7. The van der Waals surface area contributed by atoms with E-state index in [0.717, 1.165) is 22.4 Å². The summed E-state index contributed by atoms with van der Waals surface area (Å²) in [4.78, 5) is 70.2. The highest BCUT2D eigenvalue weighted by molar-refractivity contribution is 7.19. The average Bonchev–Trinajstić information content (AvgIpc) is 4.00. The van der Waals surface area contributed by atoms with Crippen molar-refractivity contribution >= 4 is 69.7 Å². The molecule has 7 rings (SSSR count). The standard InChI is InChI=1S/C21H22ClN5O3S.C19H24N2O6/c1-20(2,3)30-19(29)26-7-6-21(11-26)12-27(15-5-4-13(9-23)8-14(15)21)18(28)25-17-24-10-16(22)31-17;1-2-27-16(22)5-3-4-13-6-7-15-14(10-13)19(12-21(15)18(25)26)8-9-20(11-19)17(23)24/h4-5,8,10H,6-7,11-12H2,1-3H3,(H,24,25,28);6-7,10H,2-5,8-9,11-12H2,1H3,(H,23,24)(H,25,26). The third-order valence-corrected chi connectivity index (χ3v) is 11.8. The lowest BCUT2D eigenvalue weighted by atomic mass is 9.81. The molecule has 16 nitrogen and oxygen atoms in total. The van der Waals surface area contributed by atoms with Gasteiger partial charge in [-0.15, -0.1) is 0 Å². The lowest BCUT2D eigenvalue weighted by Crippen LogP contribution is -2.42. The van der Waals surface area contributed by atoms with Gasteiger partial charge < -0.3 is 29.5 Å². The first kappa shape index (κ1) is 42.0. The number of likely N-dealkylation sites (tertiary alicyclic amines) is 2. The number of nitrogens with zero attached hydrogens (tertiary/aromatic N) is 6. The van der Waals surface area contributed by atoms with E-state index in [1.54, 1.807) is 34.9 Å². The van der Waals surface area contributed by atoms with E-state index in [0.29, 0.717) is 92.2 Å². The summed E-state index contributed by atoms with van der Waals surface area (Å²) in [6, 6.07) is 12.8. The molecule has 2 aromatic carbocycles. The molecule has 2 spiro atoms. The Bertz CT molecular complexity index is 2150. The number of carbonyl (C=O) groups excluding carboxylic acids is 3. The molecular weight excluding hydrogens is 790 g/mol. The molecule has 2 unspecified atom stereocenters. The molecule has 18 heteroatoms. The molecule has 3 aromatic rings. The molecule has 2 fully saturated rings. The number of rotatable bonds is 6. The van der Waals surface area contributed by atoms with Crippen molar-refractivity contribution in [1.82, 2.24) is 14.8 Å². The van der Waals surface area contributed by atoms with E-state index in [1.165, 1.54) is 27.3 Å². The molecule has 2 atom stereocenters. The molecule has 2 saturated heterocycles. The quantitative estimate of drug-likeness (QED) is 0.210. The Morgan fingerprint density at radius 3 is 2.17 bits per heavy atom. The number of anilines is 3. The predicted octanol–water partition coefficient (Wildman–Crippen LogP) is 7.29. The average molecular weight is 836 g/mol. The van der Waals surface area contributed by atoms with Crippen molar-refractivity contribution < 1.29 is 43.7 Å². The zero-order chi connectivity index (χ0) is 42.0. The zero-order valence-corrected chi connectivity index (χ0v) is 34.3. The highest BCUT2D eigenvalue weighted by atomic mass is 35.5. The Balaban J connectivity index is 0.000000198. The lowest BCUT2D eigenvalue weighted by Gasteiger charge is -2.27. The number of nitriles is 1. The second-order valence-electron chi connectivity index (χ2n) is 15.9. The summed E-state index contributed by atoms with van der Waals surface area (Å²) in [6.07, 6.45) is 2.03. The van der Waals surface area contributed by atoms with Crippen LogP contribution in [0.4, 0.5) is 35.7 Å². The largest absolute Gasteiger partial charge is 0.466 e. The molecule has 0 bridgehead atoms. The number of hydrogen-bond acceptors (Lipinski definition) is 10. The van der Waals surface area contributed by atoms with Crippen LogP contribution in [0.25, 0.3) is 0 Å². The minimum absolute atomic E-state index is 0.222. The Labute approximate surface area is 344 Å². The van der Waals surface area contributed by atoms with Gasteiger partial charge in [0, 0.05) is 62.2 Å². The summed E-state index contributed by atoms with van der Waals surface area (Å²) in [6.45, 7) is 9.92. The van der Waals surface area contributed by atoms with Crippen LogP contribution in [0.3, 0.4) is 0 Å². The number of hydrogen-bond donors (Lipinski definition) is 3. The number of ether oxygens (including phenoxy) is 2. The van der Waals surface area contributed by atoms with Gasteiger partial charge in [-0.3, -0.25) is 19.9 Å². The Morgan fingerprint density at radius 1 is 0.931 bits per heavy atom. The van der Waals surface area contributed by atoms with Crippen molar-refractivity contribution in [2.24, 2.45) is 0 Å². The highest BCUT2D eigenvalue weighted by Crippen LogP contribution is 2.48. The third-order valence-electron chi connectivity index (χ3n) is 10.8. The number of amides is 5. The molecule has 5 heterocycles. The number of benzene rings is 2. The number of esters is 1. The van der Waals surface area contributed by atoms with Crippen molar-refractivity contribution in [2.45, 2.75) is 76.2 Å². The topological polar surface area (TPSA) is 206 Å². The summed E-state index contributed by atoms with van der Waals surface area (Å²) in [5, 5.41) is 31.4. The Hall–Kier alpha value is -5.60. The molecule has 4 aliphatic heterocycles. The lowest BCUT2D eigenvalue weighted by molar-refractivity contribution is -0.143. The number of nitrogens with one attached hydrogen (secondary N) is 1. The van der Waals surface area contributed by atoms with Gasteiger partial charge in [0.25, 0.3) is 0 Å². The van der Waals surface area contributed by atoms with E-state index in [4.69, 9.17) is 21.1 Å². The van der Waals surface area contributed by atoms with Gasteiger partial charge >= 0.3 is 30.3 Å². The van der Waals surface area contributed by atoms with E-state index < -0.39 is 28.6 Å². The molecule has 3 N–H and O–H groups in total. The second-order valence-corrected chi connectivity index (χ2v) is 17.5. The van der Waals surface area contributed by atoms with Crippen molar-refractivity contribution in [1.29, 1.82) is 5.26 Å². The summed E-state index contributed by atoms with van der Waals surface area (Å²) in [5.41, 5.74) is 3.12. The van der Waals surface area contributed by atoms with Gasteiger partial charge in [-0.25, -0.2) is 24.2 Å². The molecule has 0 radical (unpaired) electrons. The summed E-state index contributed by atoms with van der Waals surface area (Å²) >= 11 is 7.10. The zero-order valence-electron chi connectivity index (χ0n) is 32.7. The van der Waals surface area contributed by atoms with Crippen molar-refractivity contribution in [2.75, 3.05) is 61.0 Å². The fourth-order valence-corrected chi connectivity index (χ4v) is 8.99. The molecule has 0 saturated carbocycles. The summed E-state index contributed by atoms with van der Waals surface area (Å²) in [7, 11) is 0. The number of thiazole rings is 1. The Morgan fingerprint density at radius 2 is 1.57 bits per heavy atom. The number of fused-ring (bicyclic) bond motifs is 4. The summed E-state index contributed by atoms with van der Waals surface area (Å²) in [5.74, 6) is -0.222. The molecular formula is C40H46ClN7O9S. The van der Waals surface area contributed by atoms with Gasteiger partial charge in [0.05, 0.1) is 30.1 Å². The van der Waals surface area contributed by atoms with Crippen molar-refractivity contribution in [3.63, 3.8) is 0 Å². The van der Waals surface area contributed by atoms with Crippen LogP contribution in [-0.4, -0.2) is 107 Å². The fraction of sp³-hybridized carbons (Fsp3) is 0.475. The Kier molecular flexibility index (Phi) is 12.1. The maximum absolute atomic E-state index is 13.1. The van der Waals surface area contributed by atoms with Crippen molar-refractivity contribution in [3.05, 3.63) is 69.2 Å². The third kappa shape index (κ3) is 8.92. The highest BCUT2D eigenvalue weighted by Gasteiger charge is 2.51. The van der Waals surface area contributed by atoms with Crippen LogP contribution in [0.1, 0.15) is 75.6 Å². The number of carbonyl (C=O) groups is 5. The minimum Gasteiger partial charge on any atom is -0.466 e. The number of carboxylic acid groups (broad SMARTS) is 2. The molecule has 0 aliphatic carbocycles. The SMILES string of the molecule is CC(C)(C)OC(=O)N1CCC2(C1)CN(C(=O)Nc1ncc(Cl)s1)c1ccc(C#N)cc12.CCOC(=O)CCCc1ccc2c(c1)C1(CCN(C(=O)O)C1)CN2C(=O)O. The maximum Gasteiger partial charge on any atom is 0.411 e. The molecule has 58 heavy (non-hydrogen) atoms. The summed E-state index contributed by atoms with van der Waals surface area (Å²) < 4.78 is 11.0. The minimum atomic E-state index is -1.03. The van der Waals surface area contributed by atoms with E-state index in [-0.39, 0.29) is 24.6 Å². The van der Waals surface area contributed by atoms with Crippen LogP contribution >= 0.6 is 22.9 Å². The molecule has 1 aromatic heterocycles. The van der Waals surface area contributed by atoms with E-state index >= 15 is 0 Å². The smallest absolute Gasteiger partial charge is 0.411 e.